The van der Waals surface area contributed by atoms with Crippen molar-refractivity contribution in [3.8, 4) is 0 Å². The molecule has 2 aliphatic rings. The molecule has 1 heterocycles. The van der Waals surface area contributed by atoms with Gasteiger partial charge in [-0.25, -0.2) is 0 Å². The number of carboxylic acid groups (broad SMARTS) is 1. The van der Waals surface area contributed by atoms with Crippen LogP contribution in [0.15, 0.2) is 0 Å². The van der Waals surface area contributed by atoms with Crippen molar-refractivity contribution >= 4 is 11.9 Å². The summed E-state index contributed by atoms with van der Waals surface area (Å²) >= 11 is 0. The molecule has 0 aromatic heterocycles. The molecular formula is C13H22N2O3. The van der Waals surface area contributed by atoms with Gasteiger partial charge in [-0.05, 0) is 32.9 Å². The number of aliphatic carboxylic acids is 1. The van der Waals surface area contributed by atoms with Crippen LogP contribution < -0.4 is 0 Å². The number of rotatable bonds is 4. The van der Waals surface area contributed by atoms with E-state index in [4.69, 9.17) is 5.11 Å². The van der Waals surface area contributed by atoms with Crippen LogP contribution in [0.3, 0.4) is 0 Å². The Morgan fingerprint density at radius 1 is 1.28 bits per heavy atom. The van der Waals surface area contributed by atoms with Crippen molar-refractivity contribution in [1.82, 2.24) is 9.80 Å². The second kappa shape index (κ2) is 5.69. The molecule has 1 unspecified atom stereocenters. The summed E-state index contributed by atoms with van der Waals surface area (Å²) in [6.45, 7) is 1.56. The van der Waals surface area contributed by atoms with Gasteiger partial charge in [0.05, 0.1) is 5.92 Å². The molecule has 2 fully saturated rings. The van der Waals surface area contributed by atoms with Crippen LogP contribution in [0.25, 0.3) is 0 Å². The van der Waals surface area contributed by atoms with Crippen LogP contribution >= 0.6 is 0 Å². The third kappa shape index (κ3) is 3.02. The number of amides is 1. The Bertz CT molecular complexity index is 326. The molecule has 0 radical (unpaired) electrons. The largest absolute Gasteiger partial charge is 0.480 e. The van der Waals surface area contributed by atoms with Gasteiger partial charge in [0, 0.05) is 12.6 Å². The summed E-state index contributed by atoms with van der Waals surface area (Å²) < 4.78 is 0. The third-order valence-corrected chi connectivity index (χ3v) is 4.09. The predicted molar refractivity (Wildman–Crippen MR) is 67.2 cm³/mol. The van der Waals surface area contributed by atoms with Gasteiger partial charge in [-0.15, -0.1) is 0 Å². The van der Waals surface area contributed by atoms with Gasteiger partial charge < -0.3 is 14.9 Å². The Morgan fingerprint density at radius 3 is 2.44 bits per heavy atom. The molecule has 2 rings (SSSR count). The minimum absolute atomic E-state index is 0.00468. The van der Waals surface area contributed by atoms with Crippen molar-refractivity contribution in [3.05, 3.63) is 0 Å². The standard InChI is InChI=1S/C13H22N2O3/c1-14-7-6-10(8-14)13(18)15(9-12(16)17)11-4-2-3-5-11/h10-11H,2-9H2,1H3,(H,16,17). The van der Waals surface area contributed by atoms with E-state index in [1.165, 1.54) is 0 Å². The van der Waals surface area contributed by atoms with Gasteiger partial charge in [-0.3, -0.25) is 9.59 Å². The van der Waals surface area contributed by atoms with E-state index in [9.17, 15) is 9.59 Å². The third-order valence-electron chi connectivity index (χ3n) is 4.09. The van der Waals surface area contributed by atoms with E-state index in [1.807, 2.05) is 7.05 Å². The zero-order valence-electron chi connectivity index (χ0n) is 11.0. The lowest BCUT2D eigenvalue weighted by atomic mass is 10.1. The van der Waals surface area contributed by atoms with Crippen molar-refractivity contribution in [1.29, 1.82) is 0 Å². The van der Waals surface area contributed by atoms with Crippen LogP contribution in [0.1, 0.15) is 32.1 Å². The fourth-order valence-electron chi connectivity index (χ4n) is 3.12. The molecular weight excluding hydrogens is 232 g/mol. The molecule has 5 nitrogen and oxygen atoms in total. The first-order valence-electron chi connectivity index (χ1n) is 6.78. The molecule has 5 heteroatoms. The van der Waals surface area contributed by atoms with E-state index in [0.717, 1.165) is 45.2 Å². The van der Waals surface area contributed by atoms with E-state index >= 15 is 0 Å². The molecule has 1 saturated heterocycles. The van der Waals surface area contributed by atoms with Gasteiger partial charge in [0.25, 0.3) is 0 Å². The monoisotopic (exact) mass is 254 g/mol. The highest BCUT2D eigenvalue weighted by Crippen LogP contribution is 2.26. The molecule has 1 amide bonds. The Hall–Kier alpha value is -1.10. The molecule has 0 aromatic rings. The maximum atomic E-state index is 12.4. The van der Waals surface area contributed by atoms with Crippen LogP contribution in [0.2, 0.25) is 0 Å². The van der Waals surface area contributed by atoms with Gasteiger partial charge in [-0.1, -0.05) is 12.8 Å². The average Bonchev–Trinajstić information content (AvgIpc) is 2.95. The highest BCUT2D eigenvalue weighted by atomic mass is 16.4. The number of hydrogen-bond donors (Lipinski definition) is 1. The molecule has 1 aliphatic heterocycles. The Morgan fingerprint density at radius 2 is 1.94 bits per heavy atom. The van der Waals surface area contributed by atoms with Gasteiger partial charge in [0.2, 0.25) is 5.91 Å². The Kier molecular flexibility index (Phi) is 4.22. The first kappa shape index (κ1) is 13.3. The van der Waals surface area contributed by atoms with E-state index in [0.29, 0.717) is 0 Å². The summed E-state index contributed by atoms with van der Waals surface area (Å²) in [5.74, 6) is -0.856. The van der Waals surface area contributed by atoms with Gasteiger partial charge >= 0.3 is 5.97 Å². The molecule has 0 aromatic carbocycles. The minimum Gasteiger partial charge on any atom is -0.480 e. The molecule has 0 bridgehead atoms. The highest BCUT2D eigenvalue weighted by Gasteiger charge is 2.35. The smallest absolute Gasteiger partial charge is 0.323 e. The first-order chi connectivity index (χ1) is 8.58. The SMILES string of the molecule is CN1CCC(C(=O)N(CC(=O)O)C2CCCC2)C1. The number of carboxylic acids is 1. The van der Waals surface area contributed by atoms with Crippen molar-refractivity contribution in [3.63, 3.8) is 0 Å². The van der Waals surface area contributed by atoms with Crippen LogP contribution in [-0.2, 0) is 9.59 Å². The Balaban J connectivity index is 2.02. The quantitative estimate of drug-likeness (QED) is 0.806. The van der Waals surface area contributed by atoms with Crippen molar-refractivity contribution in [2.45, 2.75) is 38.1 Å². The van der Waals surface area contributed by atoms with Crippen LogP contribution in [0, 0.1) is 5.92 Å². The van der Waals surface area contributed by atoms with Gasteiger partial charge in [0.1, 0.15) is 6.54 Å². The van der Waals surface area contributed by atoms with Crippen LogP contribution in [-0.4, -0.2) is 59.5 Å². The van der Waals surface area contributed by atoms with Crippen LogP contribution in [0.5, 0.6) is 0 Å². The summed E-state index contributed by atoms with van der Waals surface area (Å²) in [5, 5.41) is 8.98. The van der Waals surface area contributed by atoms with Crippen molar-refractivity contribution < 1.29 is 14.7 Å². The summed E-state index contributed by atoms with van der Waals surface area (Å²) in [6.07, 6.45) is 5.00. The Labute approximate surface area is 108 Å². The number of nitrogens with zero attached hydrogens (tertiary/aromatic N) is 2. The lowest BCUT2D eigenvalue weighted by molar-refractivity contribution is -0.148. The van der Waals surface area contributed by atoms with E-state index in [2.05, 4.69) is 4.90 Å². The normalized spacial score (nSPS) is 25.5. The number of likely N-dealkylation sites (tertiary alicyclic amines) is 1. The second-order valence-corrected chi connectivity index (χ2v) is 5.55. The summed E-state index contributed by atoms with van der Waals surface area (Å²) in [7, 11) is 2.00. The molecule has 102 valence electrons. The number of hydrogen-bond acceptors (Lipinski definition) is 3. The summed E-state index contributed by atoms with van der Waals surface area (Å²) in [6, 6.07) is 0.152. The fraction of sp³-hybridized carbons (Fsp3) is 0.846. The summed E-state index contributed by atoms with van der Waals surface area (Å²) in [4.78, 5) is 27.2. The lowest BCUT2D eigenvalue weighted by Crippen LogP contribution is -2.45. The summed E-state index contributed by atoms with van der Waals surface area (Å²) in [5.41, 5.74) is 0. The maximum Gasteiger partial charge on any atom is 0.323 e. The van der Waals surface area contributed by atoms with E-state index in [-0.39, 0.29) is 24.4 Å². The highest BCUT2D eigenvalue weighted by molar-refractivity contribution is 5.83. The lowest BCUT2D eigenvalue weighted by Gasteiger charge is -2.29. The average molecular weight is 254 g/mol. The van der Waals surface area contributed by atoms with Gasteiger partial charge in [-0.2, -0.15) is 0 Å². The zero-order valence-corrected chi connectivity index (χ0v) is 11.0. The van der Waals surface area contributed by atoms with Crippen molar-refractivity contribution in [2.24, 2.45) is 5.92 Å². The number of carbonyl (C=O) groups is 2. The second-order valence-electron chi connectivity index (χ2n) is 5.55. The maximum absolute atomic E-state index is 12.4. The molecule has 18 heavy (non-hydrogen) atoms. The molecule has 1 saturated carbocycles. The van der Waals surface area contributed by atoms with Crippen LogP contribution in [0.4, 0.5) is 0 Å². The molecule has 0 spiro atoms. The molecule has 1 aliphatic carbocycles. The minimum atomic E-state index is -0.901. The van der Waals surface area contributed by atoms with E-state index < -0.39 is 5.97 Å². The first-order valence-corrected chi connectivity index (χ1v) is 6.78. The topological polar surface area (TPSA) is 60.9 Å². The molecule has 1 atom stereocenters. The molecule has 1 N–H and O–H groups in total. The van der Waals surface area contributed by atoms with E-state index in [1.54, 1.807) is 4.90 Å². The number of carbonyl (C=O) groups excluding carboxylic acids is 1. The zero-order chi connectivity index (χ0) is 13.1. The van der Waals surface area contributed by atoms with Gasteiger partial charge in [0.15, 0.2) is 0 Å². The fourth-order valence-corrected chi connectivity index (χ4v) is 3.12. The predicted octanol–water partition coefficient (Wildman–Crippen LogP) is 0.794. The van der Waals surface area contributed by atoms with Crippen molar-refractivity contribution in [2.75, 3.05) is 26.7 Å².